The highest BCUT2D eigenvalue weighted by Gasteiger charge is 2.22. The Morgan fingerprint density at radius 3 is 2.60 bits per heavy atom. The Bertz CT molecular complexity index is 942. The molecule has 7 heteroatoms. The lowest BCUT2D eigenvalue weighted by molar-refractivity contribution is 0.0729. The highest BCUT2D eigenvalue weighted by molar-refractivity contribution is 7.15. The van der Waals surface area contributed by atoms with Gasteiger partial charge >= 0.3 is 0 Å². The zero-order valence-corrected chi connectivity index (χ0v) is 15.2. The highest BCUT2D eigenvalue weighted by Crippen LogP contribution is 2.24. The molecular formula is C18H20FN3O2S. The van der Waals surface area contributed by atoms with Crippen LogP contribution >= 0.6 is 11.3 Å². The first-order valence-corrected chi connectivity index (χ1v) is 8.91. The minimum atomic E-state index is -1.12. The van der Waals surface area contributed by atoms with Crippen molar-refractivity contribution in [2.24, 2.45) is 0 Å². The Labute approximate surface area is 149 Å². The molecule has 2 aromatic heterocycles. The molecule has 5 nitrogen and oxygen atoms in total. The molecule has 25 heavy (non-hydrogen) atoms. The maximum Gasteiger partial charge on any atom is 0.259 e. The predicted molar refractivity (Wildman–Crippen MR) is 97.7 cm³/mol. The van der Waals surface area contributed by atoms with Gasteiger partial charge in [-0.15, -0.1) is 11.3 Å². The number of hydrogen-bond donors (Lipinski definition) is 1. The summed E-state index contributed by atoms with van der Waals surface area (Å²) in [5.41, 5.74) is 0.708. The van der Waals surface area contributed by atoms with Crippen LogP contribution in [0.1, 0.15) is 32.2 Å². The van der Waals surface area contributed by atoms with E-state index in [0.29, 0.717) is 29.4 Å². The molecule has 0 aliphatic carbocycles. The number of thiazole rings is 1. The summed E-state index contributed by atoms with van der Waals surface area (Å²) in [5.74, 6) is -0.282. The molecule has 0 saturated carbocycles. The number of aliphatic hydroxyl groups is 1. The Hall–Kier alpha value is -2.25. The molecule has 0 atom stereocenters. The fourth-order valence-electron chi connectivity index (χ4n) is 2.70. The van der Waals surface area contributed by atoms with Crippen LogP contribution in [0.15, 0.2) is 40.5 Å². The van der Waals surface area contributed by atoms with E-state index in [1.54, 1.807) is 31.4 Å². The summed E-state index contributed by atoms with van der Waals surface area (Å²) in [6, 6.07) is 7.74. The van der Waals surface area contributed by atoms with E-state index in [1.807, 2.05) is 11.8 Å². The first-order chi connectivity index (χ1) is 11.8. The second-order valence-corrected chi connectivity index (χ2v) is 7.21. The van der Waals surface area contributed by atoms with Crippen molar-refractivity contribution in [3.05, 3.63) is 63.3 Å². The van der Waals surface area contributed by atoms with Gasteiger partial charge in [0.1, 0.15) is 11.4 Å². The molecule has 0 bridgehead atoms. The van der Waals surface area contributed by atoms with Crippen molar-refractivity contribution in [1.29, 1.82) is 0 Å². The van der Waals surface area contributed by atoms with Crippen LogP contribution in [-0.2, 0) is 12.1 Å². The largest absolute Gasteiger partial charge is 0.384 e. The minimum absolute atomic E-state index is 0.214. The first kappa shape index (κ1) is 17.6. The van der Waals surface area contributed by atoms with Gasteiger partial charge in [-0.25, -0.2) is 9.37 Å². The number of anilines is 1. The number of rotatable bonds is 5. The van der Waals surface area contributed by atoms with Crippen LogP contribution in [0.3, 0.4) is 0 Å². The van der Waals surface area contributed by atoms with Crippen LogP contribution < -0.4 is 10.5 Å². The van der Waals surface area contributed by atoms with Gasteiger partial charge in [-0.2, -0.15) is 0 Å². The van der Waals surface area contributed by atoms with Crippen molar-refractivity contribution in [2.75, 3.05) is 11.4 Å². The second-order valence-electron chi connectivity index (χ2n) is 6.37. The lowest BCUT2D eigenvalue weighted by Gasteiger charge is -2.22. The molecule has 132 valence electrons. The number of aromatic nitrogens is 2. The lowest BCUT2D eigenvalue weighted by Crippen LogP contribution is -2.27. The van der Waals surface area contributed by atoms with Gasteiger partial charge in [0.2, 0.25) is 0 Å². The van der Waals surface area contributed by atoms with Crippen molar-refractivity contribution >= 4 is 22.0 Å². The molecule has 0 aliphatic rings. The summed E-state index contributed by atoms with van der Waals surface area (Å²) in [5, 5.41) is 12.0. The fourth-order valence-corrected chi connectivity index (χ4v) is 3.77. The van der Waals surface area contributed by atoms with Crippen LogP contribution in [0, 0.1) is 5.82 Å². The van der Waals surface area contributed by atoms with Gasteiger partial charge in [0.05, 0.1) is 17.9 Å². The number of hydrogen-bond acceptors (Lipinski definition) is 5. The molecule has 0 saturated heterocycles. The molecular weight excluding hydrogens is 341 g/mol. The third kappa shape index (κ3) is 3.57. The second kappa shape index (κ2) is 6.57. The van der Waals surface area contributed by atoms with E-state index in [0.717, 1.165) is 5.69 Å². The van der Waals surface area contributed by atoms with E-state index in [4.69, 9.17) is 0 Å². The topological polar surface area (TPSA) is 57.8 Å². The predicted octanol–water partition coefficient (Wildman–Crippen LogP) is 3.15. The zero-order chi connectivity index (χ0) is 18.2. The number of fused-ring (bicyclic) bond motifs is 1. The SMILES string of the molecule is CCN(Cc1cc(=O)n2c(C(C)(C)O)csc2n1)c1ccc(F)cc1. The van der Waals surface area contributed by atoms with Gasteiger partial charge in [0, 0.05) is 23.7 Å². The van der Waals surface area contributed by atoms with Gasteiger partial charge in [-0.05, 0) is 45.0 Å². The molecule has 0 radical (unpaired) electrons. The Morgan fingerprint density at radius 2 is 2.00 bits per heavy atom. The van der Waals surface area contributed by atoms with E-state index in [-0.39, 0.29) is 11.4 Å². The number of benzene rings is 1. The fraction of sp³-hybridized carbons (Fsp3) is 0.333. The molecule has 3 aromatic rings. The summed E-state index contributed by atoms with van der Waals surface area (Å²) in [7, 11) is 0. The third-order valence-corrected chi connectivity index (χ3v) is 4.84. The number of nitrogens with zero attached hydrogens (tertiary/aromatic N) is 3. The summed E-state index contributed by atoms with van der Waals surface area (Å²) < 4.78 is 14.6. The maximum atomic E-state index is 13.1. The van der Waals surface area contributed by atoms with Gasteiger partial charge in [-0.1, -0.05) is 0 Å². The van der Waals surface area contributed by atoms with Gasteiger partial charge in [-0.3, -0.25) is 9.20 Å². The van der Waals surface area contributed by atoms with Gasteiger partial charge in [0.15, 0.2) is 4.96 Å². The monoisotopic (exact) mass is 361 g/mol. The molecule has 3 rings (SSSR count). The molecule has 0 unspecified atom stereocenters. The Kier molecular flexibility index (Phi) is 4.62. The smallest absolute Gasteiger partial charge is 0.259 e. The summed E-state index contributed by atoms with van der Waals surface area (Å²) in [6.07, 6.45) is 0. The Morgan fingerprint density at radius 1 is 1.32 bits per heavy atom. The van der Waals surface area contributed by atoms with Crippen molar-refractivity contribution in [3.63, 3.8) is 0 Å². The van der Waals surface area contributed by atoms with Crippen molar-refractivity contribution < 1.29 is 9.50 Å². The highest BCUT2D eigenvalue weighted by atomic mass is 32.1. The van der Waals surface area contributed by atoms with E-state index in [1.165, 1.54) is 33.9 Å². The van der Waals surface area contributed by atoms with Crippen molar-refractivity contribution in [1.82, 2.24) is 9.38 Å². The van der Waals surface area contributed by atoms with Crippen LogP contribution in [0.25, 0.3) is 4.96 Å². The molecule has 0 aliphatic heterocycles. The van der Waals surface area contributed by atoms with E-state index in [2.05, 4.69) is 4.98 Å². The number of halogens is 1. The van der Waals surface area contributed by atoms with Crippen LogP contribution in [0.4, 0.5) is 10.1 Å². The molecule has 0 spiro atoms. The van der Waals surface area contributed by atoms with E-state index >= 15 is 0 Å². The van der Waals surface area contributed by atoms with Gasteiger partial charge < -0.3 is 10.0 Å². The Balaban J connectivity index is 1.96. The molecule has 0 amide bonds. The maximum absolute atomic E-state index is 13.1. The van der Waals surface area contributed by atoms with E-state index in [9.17, 15) is 14.3 Å². The molecule has 1 N–H and O–H groups in total. The summed E-state index contributed by atoms with van der Waals surface area (Å²) in [6.45, 7) is 6.42. The lowest BCUT2D eigenvalue weighted by atomic mass is 10.1. The summed E-state index contributed by atoms with van der Waals surface area (Å²) >= 11 is 1.33. The van der Waals surface area contributed by atoms with Gasteiger partial charge in [0.25, 0.3) is 5.56 Å². The van der Waals surface area contributed by atoms with Crippen molar-refractivity contribution in [3.8, 4) is 0 Å². The first-order valence-electron chi connectivity index (χ1n) is 8.03. The normalized spacial score (nSPS) is 11.9. The average Bonchev–Trinajstić information content (AvgIpc) is 2.98. The van der Waals surface area contributed by atoms with Crippen LogP contribution in [-0.4, -0.2) is 21.0 Å². The van der Waals surface area contributed by atoms with Crippen LogP contribution in [0.5, 0.6) is 0 Å². The molecule has 0 fully saturated rings. The molecule has 2 heterocycles. The molecule has 1 aromatic carbocycles. The standard InChI is InChI=1S/C18H20FN3O2S/c1-4-21(14-7-5-12(19)6-8-14)10-13-9-16(23)22-15(18(2,3)24)11-25-17(22)20-13/h5-9,11,24H,4,10H2,1-3H3. The minimum Gasteiger partial charge on any atom is -0.384 e. The summed E-state index contributed by atoms with van der Waals surface area (Å²) in [4.78, 5) is 19.7. The quantitative estimate of drug-likeness (QED) is 0.758. The van der Waals surface area contributed by atoms with E-state index < -0.39 is 5.60 Å². The average molecular weight is 361 g/mol. The zero-order valence-electron chi connectivity index (χ0n) is 14.4. The van der Waals surface area contributed by atoms with Crippen molar-refractivity contribution in [2.45, 2.75) is 32.9 Å². The van der Waals surface area contributed by atoms with Crippen LogP contribution in [0.2, 0.25) is 0 Å². The third-order valence-electron chi connectivity index (χ3n) is 4.01.